The van der Waals surface area contributed by atoms with Gasteiger partial charge in [0, 0.05) is 35.3 Å². The van der Waals surface area contributed by atoms with Crippen LogP contribution in [0.3, 0.4) is 0 Å². The second-order valence-corrected chi connectivity index (χ2v) is 10.0. The summed E-state index contributed by atoms with van der Waals surface area (Å²) in [6.07, 6.45) is 0. The molecule has 0 radical (unpaired) electrons. The van der Waals surface area contributed by atoms with Crippen molar-refractivity contribution < 1.29 is 14.5 Å². The van der Waals surface area contributed by atoms with Crippen LogP contribution in [-0.2, 0) is 11.3 Å². The van der Waals surface area contributed by atoms with Crippen LogP contribution in [0.1, 0.15) is 15.2 Å². The van der Waals surface area contributed by atoms with Crippen LogP contribution in [0.25, 0.3) is 0 Å². The van der Waals surface area contributed by atoms with Crippen LogP contribution in [0.4, 0.5) is 11.4 Å². The van der Waals surface area contributed by atoms with Crippen molar-refractivity contribution in [1.82, 2.24) is 10.2 Å². The Hall–Kier alpha value is -2.85. The van der Waals surface area contributed by atoms with E-state index in [9.17, 15) is 19.7 Å². The first-order valence-corrected chi connectivity index (χ1v) is 12.5. The van der Waals surface area contributed by atoms with Gasteiger partial charge in [-0.1, -0.05) is 40.9 Å². The van der Waals surface area contributed by atoms with Crippen molar-refractivity contribution in [2.24, 2.45) is 0 Å². The monoisotopic (exact) mass is 552 g/mol. The lowest BCUT2D eigenvalue weighted by atomic mass is 10.1. The zero-order valence-corrected chi connectivity index (χ0v) is 21.2. The van der Waals surface area contributed by atoms with Crippen LogP contribution in [0.5, 0.6) is 0 Å². The smallest absolute Gasteiger partial charge is 0.288 e. The van der Waals surface area contributed by atoms with Gasteiger partial charge in [0.25, 0.3) is 11.6 Å². The predicted molar refractivity (Wildman–Crippen MR) is 138 cm³/mol. The molecule has 2 aromatic carbocycles. The largest absolute Gasteiger partial charge is 0.356 e. The van der Waals surface area contributed by atoms with E-state index in [-0.39, 0.29) is 28.7 Å². The van der Waals surface area contributed by atoms with Gasteiger partial charge in [-0.05, 0) is 41.8 Å². The van der Waals surface area contributed by atoms with Gasteiger partial charge in [-0.2, -0.15) is 0 Å². The van der Waals surface area contributed by atoms with E-state index >= 15 is 0 Å². The molecule has 1 N–H and O–H groups in total. The van der Waals surface area contributed by atoms with Gasteiger partial charge in [0.1, 0.15) is 11.1 Å². The minimum Gasteiger partial charge on any atom is -0.356 e. The van der Waals surface area contributed by atoms with Crippen molar-refractivity contribution in [2.75, 3.05) is 24.5 Å². The van der Waals surface area contributed by atoms with Crippen molar-refractivity contribution in [2.45, 2.75) is 12.6 Å². The summed E-state index contributed by atoms with van der Waals surface area (Å²) in [6.45, 7) is 1.08. The molecule has 0 unspecified atom stereocenters. The fourth-order valence-corrected chi connectivity index (χ4v) is 4.96. The zero-order valence-electron chi connectivity index (χ0n) is 18.1. The summed E-state index contributed by atoms with van der Waals surface area (Å²) in [5.74, 6) is -0.682. The summed E-state index contributed by atoms with van der Waals surface area (Å²) in [6, 6.07) is 12.1. The molecule has 35 heavy (non-hydrogen) atoms. The van der Waals surface area contributed by atoms with Crippen LogP contribution >= 0.6 is 46.1 Å². The highest BCUT2D eigenvalue weighted by Gasteiger charge is 2.35. The Labute approximate surface area is 220 Å². The molecule has 12 heteroatoms. The van der Waals surface area contributed by atoms with E-state index in [1.165, 1.54) is 28.4 Å². The molecule has 2 heterocycles. The minimum atomic E-state index is -0.716. The van der Waals surface area contributed by atoms with Crippen LogP contribution in [0.15, 0.2) is 53.9 Å². The van der Waals surface area contributed by atoms with Crippen LogP contribution < -0.4 is 10.2 Å². The normalized spacial score (nSPS) is 15.7. The van der Waals surface area contributed by atoms with Crippen molar-refractivity contribution in [3.63, 3.8) is 0 Å². The number of carbonyl (C=O) groups excluding carboxylic acids is 2. The predicted octanol–water partition coefficient (Wildman–Crippen LogP) is 5.26. The van der Waals surface area contributed by atoms with Gasteiger partial charge >= 0.3 is 0 Å². The number of halogens is 3. The number of piperazine rings is 1. The van der Waals surface area contributed by atoms with Crippen molar-refractivity contribution in [3.05, 3.63) is 89.5 Å². The highest BCUT2D eigenvalue weighted by molar-refractivity contribution is 7.09. The van der Waals surface area contributed by atoms with Crippen LogP contribution in [0, 0.1) is 10.1 Å². The fourth-order valence-electron chi connectivity index (χ4n) is 3.84. The van der Waals surface area contributed by atoms with E-state index in [0.29, 0.717) is 35.4 Å². The van der Waals surface area contributed by atoms with E-state index in [2.05, 4.69) is 5.32 Å². The number of amides is 2. The molecular weight excluding hydrogens is 535 g/mol. The van der Waals surface area contributed by atoms with Crippen molar-refractivity contribution >= 4 is 69.3 Å². The number of rotatable bonds is 6. The lowest BCUT2D eigenvalue weighted by Gasteiger charge is -2.42. The molecule has 1 aliphatic heterocycles. The quantitative estimate of drug-likeness (QED) is 0.332. The van der Waals surface area contributed by atoms with Gasteiger partial charge in [0.15, 0.2) is 0 Å². The molecule has 3 aromatic rings. The third kappa shape index (κ3) is 5.70. The number of nitro groups is 1. The fraction of sp³-hybridized carbons (Fsp3) is 0.217. The first-order valence-electron chi connectivity index (χ1n) is 10.5. The molecule has 0 bridgehead atoms. The topological polar surface area (TPSA) is 95.8 Å². The summed E-state index contributed by atoms with van der Waals surface area (Å²) in [5.41, 5.74) is 0.476. The molecule has 1 aliphatic rings. The lowest BCUT2D eigenvalue weighted by Crippen LogP contribution is -2.60. The Morgan fingerprint density at radius 2 is 1.83 bits per heavy atom. The molecule has 1 saturated heterocycles. The van der Waals surface area contributed by atoms with Gasteiger partial charge in [-0.25, -0.2) is 0 Å². The van der Waals surface area contributed by atoms with Gasteiger partial charge in [-0.3, -0.25) is 19.7 Å². The standard InChI is InChI=1S/C23H19Cl3N4O4S/c24-17-6-4-15(11-19(17)26)29-8-7-28(13-21(29)22(31)27-12-16-2-1-9-35-16)23(32)14-3-5-18(25)20(10-14)30(33)34/h1-6,9-11,21H,7-8,12-13H2,(H,27,31)/t21-/m0/s1. The molecule has 8 nitrogen and oxygen atoms in total. The first-order chi connectivity index (χ1) is 16.7. The molecule has 1 atom stereocenters. The summed E-state index contributed by atoms with van der Waals surface area (Å²) >= 11 is 19.7. The number of carbonyl (C=O) groups is 2. The number of hydrogen-bond acceptors (Lipinski definition) is 6. The molecule has 1 aromatic heterocycles. The van der Waals surface area contributed by atoms with Gasteiger partial charge in [-0.15, -0.1) is 11.3 Å². The second kappa shape index (κ2) is 10.8. The molecule has 182 valence electrons. The zero-order chi connectivity index (χ0) is 25.1. The molecule has 1 fully saturated rings. The SMILES string of the molecule is O=C(NCc1cccs1)[C@@H]1CN(C(=O)c2ccc(Cl)c([N+](=O)[O-])c2)CCN1c1ccc(Cl)c(Cl)c1. The maximum absolute atomic E-state index is 13.3. The van der Waals surface area contributed by atoms with E-state index in [1.54, 1.807) is 18.2 Å². The van der Waals surface area contributed by atoms with E-state index in [1.807, 2.05) is 22.4 Å². The van der Waals surface area contributed by atoms with Crippen LogP contribution in [-0.4, -0.2) is 47.3 Å². The maximum atomic E-state index is 13.3. The highest BCUT2D eigenvalue weighted by Crippen LogP contribution is 2.30. The van der Waals surface area contributed by atoms with Gasteiger partial charge < -0.3 is 15.1 Å². The van der Waals surface area contributed by atoms with E-state index in [4.69, 9.17) is 34.8 Å². The van der Waals surface area contributed by atoms with Gasteiger partial charge in [0.05, 0.1) is 28.1 Å². The number of benzene rings is 2. The summed E-state index contributed by atoms with van der Waals surface area (Å²) < 4.78 is 0. The average molecular weight is 554 g/mol. The molecule has 2 amide bonds. The number of nitro benzene ring substituents is 1. The third-order valence-corrected chi connectivity index (χ3v) is 7.55. The number of thiophene rings is 1. The maximum Gasteiger partial charge on any atom is 0.288 e. The molecule has 0 aliphatic carbocycles. The van der Waals surface area contributed by atoms with Crippen molar-refractivity contribution in [3.8, 4) is 0 Å². The van der Waals surface area contributed by atoms with E-state index < -0.39 is 16.9 Å². The van der Waals surface area contributed by atoms with Gasteiger partial charge in [0.2, 0.25) is 5.91 Å². The number of nitrogens with one attached hydrogen (secondary N) is 1. The lowest BCUT2D eigenvalue weighted by molar-refractivity contribution is -0.384. The Morgan fingerprint density at radius 3 is 2.51 bits per heavy atom. The number of nitrogens with zero attached hydrogens (tertiary/aromatic N) is 3. The average Bonchev–Trinajstić information content (AvgIpc) is 3.37. The second-order valence-electron chi connectivity index (χ2n) is 7.78. The number of hydrogen-bond donors (Lipinski definition) is 1. The Balaban J connectivity index is 1.59. The molecule has 0 spiro atoms. The Morgan fingerprint density at radius 1 is 1.06 bits per heavy atom. The summed E-state index contributed by atoms with van der Waals surface area (Å²) in [4.78, 5) is 41.5. The number of anilines is 1. The van der Waals surface area contributed by atoms with Crippen LogP contribution in [0.2, 0.25) is 15.1 Å². The molecule has 4 rings (SSSR count). The minimum absolute atomic E-state index is 0.0539. The van der Waals surface area contributed by atoms with Crippen molar-refractivity contribution in [1.29, 1.82) is 0 Å². The Kier molecular flexibility index (Phi) is 7.81. The first kappa shape index (κ1) is 25.2. The molecule has 0 saturated carbocycles. The molecular formula is C23H19Cl3N4O4S. The Bertz CT molecular complexity index is 1270. The highest BCUT2D eigenvalue weighted by atomic mass is 35.5. The summed E-state index contributed by atoms with van der Waals surface area (Å²) in [7, 11) is 0. The summed E-state index contributed by atoms with van der Waals surface area (Å²) in [5, 5.41) is 16.8. The van der Waals surface area contributed by atoms with E-state index in [0.717, 1.165) is 10.9 Å². The third-order valence-electron chi connectivity index (χ3n) is 5.61.